The molecule has 1 aromatic heterocycles. The number of nitrogens with two attached hydrogens (primary N) is 1. The van der Waals surface area contributed by atoms with Crippen LogP contribution in [0.3, 0.4) is 0 Å². The molecule has 0 aliphatic carbocycles. The predicted molar refractivity (Wildman–Crippen MR) is 86.4 cm³/mol. The SMILES string of the molecule is Cc1ccccc1C(C)NC(=O)c1ccnc(CN)c1.Cl. The van der Waals surface area contributed by atoms with E-state index < -0.39 is 0 Å². The van der Waals surface area contributed by atoms with E-state index in [1.165, 1.54) is 0 Å². The Hall–Kier alpha value is -1.91. The Kier molecular flexibility index (Phi) is 6.34. The zero-order chi connectivity index (χ0) is 14.5. The van der Waals surface area contributed by atoms with Gasteiger partial charge in [0.25, 0.3) is 5.91 Å². The van der Waals surface area contributed by atoms with Crippen molar-refractivity contribution >= 4 is 18.3 Å². The standard InChI is InChI=1S/C16H19N3O.ClH/c1-11-5-3-4-6-15(11)12(2)19-16(20)13-7-8-18-14(9-13)10-17;/h3-9,12H,10,17H2,1-2H3,(H,19,20);1H. The van der Waals surface area contributed by atoms with Gasteiger partial charge >= 0.3 is 0 Å². The maximum atomic E-state index is 12.2. The minimum absolute atomic E-state index is 0. The molecule has 1 heterocycles. The highest BCUT2D eigenvalue weighted by molar-refractivity contribution is 5.94. The monoisotopic (exact) mass is 305 g/mol. The number of aryl methyl sites for hydroxylation is 1. The van der Waals surface area contributed by atoms with Gasteiger partial charge in [-0.3, -0.25) is 9.78 Å². The van der Waals surface area contributed by atoms with E-state index in [1.807, 2.05) is 38.1 Å². The van der Waals surface area contributed by atoms with E-state index in [9.17, 15) is 4.79 Å². The maximum absolute atomic E-state index is 12.2. The first kappa shape index (κ1) is 17.1. The summed E-state index contributed by atoms with van der Waals surface area (Å²) in [6, 6.07) is 11.4. The van der Waals surface area contributed by atoms with Gasteiger partial charge in [0.2, 0.25) is 0 Å². The van der Waals surface area contributed by atoms with Crippen LogP contribution in [-0.4, -0.2) is 10.9 Å². The first-order valence-electron chi connectivity index (χ1n) is 6.63. The summed E-state index contributed by atoms with van der Waals surface area (Å²) in [5.41, 5.74) is 9.11. The molecule has 0 saturated heterocycles. The molecule has 4 nitrogen and oxygen atoms in total. The van der Waals surface area contributed by atoms with E-state index in [4.69, 9.17) is 5.73 Å². The van der Waals surface area contributed by atoms with Crippen molar-refractivity contribution < 1.29 is 4.79 Å². The van der Waals surface area contributed by atoms with Crippen LogP contribution in [0.4, 0.5) is 0 Å². The van der Waals surface area contributed by atoms with E-state index >= 15 is 0 Å². The predicted octanol–water partition coefficient (Wildman–Crippen LogP) is 2.76. The van der Waals surface area contributed by atoms with Crippen LogP contribution in [-0.2, 0) is 6.54 Å². The number of carbonyl (C=O) groups excluding carboxylic acids is 1. The molecule has 1 aromatic carbocycles. The number of hydrogen-bond donors (Lipinski definition) is 2. The molecule has 0 bridgehead atoms. The highest BCUT2D eigenvalue weighted by Gasteiger charge is 2.13. The van der Waals surface area contributed by atoms with Crippen molar-refractivity contribution in [3.05, 3.63) is 65.0 Å². The molecule has 1 unspecified atom stereocenters. The van der Waals surface area contributed by atoms with Crippen LogP contribution in [0, 0.1) is 6.92 Å². The average molecular weight is 306 g/mol. The van der Waals surface area contributed by atoms with Crippen molar-refractivity contribution in [2.45, 2.75) is 26.4 Å². The Morgan fingerprint density at radius 2 is 2.05 bits per heavy atom. The number of benzene rings is 1. The molecule has 0 spiro atoms. The summed E-state index contributed by atoms with van der Waals surface area (Å²) in [6.45, 7) is 4.34. The Balaban J connectivity index is 0.00000220. The number of rotatable bonds is 4. The van der Waals surface area contributed by atoms with Crippen LogP contribution < -0.4 is 11.1 Å². The smallest absolute Gasteiger partial charge is 0.251 e. The van der Waals surface area contributed by atoms with Crippen LogP contribution in [0.5, 0.6) is 0 Å². The van der Waals surface area contributed by atoms with Crippen molar-refractivity contribution in [2.24, 2.45) is 5.73 Å². The molecule has 1 amide bonds. The Bertz CT molecular complexity index is 616. The third-order valence-electron chi connectivity index (χ3n) is 3.29. The molecule has 0 aliphatic rings. The fraction of sp³-hybridized carbons (Fsp3) is 0.250. The highest BCUT2D eigenvalue weighted by Crippen LogP contribution is 2.17. The highest BCUT2D eigenvalue weighted by atomic mass is 35.5. The van der Waals surface area contributed by atoms with Gasteiger partial charge in [-0.25, -0.2) is 0 Å². The van der Waals surface area contributed by atoms with Gasteiger partial charge in [-0.1, -0.05) is 24.3 Å². The number of hydrogen-bond acceptors (Lipinski definition) is 3. The van der Waals surface area contributed by atoms with Gasteiger partial charge in [-0.05, 0) is 37.1 Å². The third kappa shape index (κ3) is 4.28. The Morgan fingerprint density at radius 3 is 2.71 bits per heavy atom. The van der Waals surface area contributed by atoms with E-state index in [0.717, 1.165) is 11.1 Å². The largest absolute Gasteiger partial charge is 0.346 e. The molecule has 0 saturated carbocycles. The second-order valence-electron chi connectivity index (χ2n) is 4.79. The van der Waals surface area contributed by atoms with Crippen molar-refractivity contribution in [3.8, 4) is 0 Å². The Labute approximate surface area is 131 Å². The van der Waals surface area contributed by atoms with Crippen molar-refractivity contribution in [1.82, 2.24) is 10.3 Å². The molecule has 112 valence electrons. The number of halogens is 1. The minimum Gasteiger partial charge on any atom is -0.346 e. The topological polar surface area (TPSA) is 68.0 Å². The lowest BCUT2D eigenvalue weighted by Crippen LogP contribution is -2.27. The molecule has 21 heavy (non-hydrogen) atoms. The first-order chi connectivity index (χ1) is 9.61. The number of amides is 1. The van der Waals surface area contributed by atoms with Gasteiger partial charge in [0.05, 0.1) is 11.7 Å². The zero-order valence-electron chi connectivity index (χ0n) is 12.2. The number of carbonyl (C=O) groups is 1. The maximum Gasteiger partial charge on any atom is 0.251 e. The van der Waals surface area contributed by atoms with Crippen LogP contribution >= 0.6 is 12.4 Å². The van der Waals surface area contributed by atoms with Crippen LogP contribution in [0.15, 0.2) is 42.6 Å². The van der Waals surface area contributed by atoms with Gasteiger partial charge < -0.3 is 11.1 Å². The molecule has 0 radical (unpaired) electrons. The zero-order valence-corrected chi connectivity index (χ0v) is 13.0. The summed E-state index contributed by atoms with van der Waals surface area (Å²) in [4.78, 5) is 16.3. The molecular formula is C16H20ClN3O. The van der Waals surface area contributed by atoms with E-state index in [-0.39, 0.29) is 24.4 Å². The molecule has 2 rings (SSSR count). The van der Waals surface area contributed by atoms with Gasteiger partial charge in [0.1, 0.15) is 0 Å². The summed E-state index contributed by atoms with van der Waals surface area (Å²) in [7, 11) is 0. The quantitative estimate of drug-likeness (QED) is 0.912. The number of nitrogens with zero attached hydrogens (tertiary/aromatic N) is 1. The van der Waals surface area contributed by atoms with Crippen molar-refractivity contribution in [3.63, 3.8) is 0 Å². The number of pyridine rings is 1. The van der Waals surface area contributed by atoms with E-state index in [1.54, 1.807) is 18.3 Å². The summed E-state index contributed by atoms with van der Waals surface area (Å²) < 4.78 is 0. The first-order valence-corrected chi connectivity index (χ1v) is 6.63. The van der Waals surface area contributed by atoms with Crippen molar-refractivity contribution in [2.75, 3.05) is 0 Å². The van der Waals surface area contributed by atoms with Crippen LogP contribution in [0.2, 0.25) is 0 Å². The molecular weight excluding hydrogens is 286 g/mol. The summed E-state index contributed by atoms with van der Waals surface area (Å²) in [5, 5.41) is 3.00. The number of nitrogens with one attached hydrogen (secondary N) is 1. The minimum atomic E-state index is -0.113. The third-order valence-corrected chi connectivity index (χ3v) is 3.29. The fourth-order valence-corrected chi connectivity index (χ4v) is 2.16. The summed E-state index contributed by atoms with van der Waals surface area (Å²) in [5.74, 6) is -0.113. The molecule has 0 aliphatic heterocycles. The van der Waals surface area contributed by atoms with E-state index in [0.29, 0.717) is 17.8 Å². The molecule has 1 atom stereocenters. The lowest BCUT2D eigenvalue weighted by Gasteiger charge is -2.16. The second kappa shape index (κ2) is 7.76. The Morgan fingerprint density at radius 1 is 1.33 bits per heavy atom. The van der Waals surface area contributed by atoms with Gasteiger partial charge in [-0.2, -0.15) is 0 Å². The lowest BCUT2D eigenvalue weighted by atomic mass is 10.0. The fourth-order valence-electron chi connectivity index (χ4n) is 2.16. The second-order valence-corrected chi connectivity index (χ2v) is 4.79. The molecule has 5 heteroatoms. The lowest BCUT2D eigenvalue weighted by molar-refractivity contribution is 0.0939. The number of aromatic nitrogens is 1. The molecule has 0 fully saturated rings. The summed E-state index contributed by atoms with van der Waals surface area (Å²) >= 11 is 0. The van der Waals surface area contributed by atoms with Crippen molar-refractivity contribution in [1.29, 1.82) is 0 Å². The summed E-state index contributed by atoms with van der Waals surface area (Å²) in [6.07, 6.45) is 1.61. The van der Waals surface area contributed by atoms with Gasteiger partial charge in [0.15, 0.2) is 0 Å². The molecule has 3 N–H and O–H groups in total. The van der Waals surface area contributed by atoms with Crippen LogP contribution in [0.1, 0.15) is 40.1 Å². The average Bonchev–Trinajstić information content (AvgIpc) is 2.47. The van der Waals surface area contributed by atoms with Gasteiger partial charge in [-0.15, -0.1) is 12.4 Å². The normalized spacial score (nSPS) is 11.4. The molecule has 2 aromatic rings. The van der Waals surface area contributed by atoms with Gasteiger partial charge in [0, 0.05) is 18.3 Å². The van der Waals surface area contributed by atoms with E-state index in [2.05, 4.69) is 10.3 Å². The van der Waals surface area contributed by atoms with Crippen LogP contribution in [0.25, 0.3) is 0 Å².